The molecule has 1 atom stereocenters. The van der Waals surface area contributed by atoms with E-state index in [4.69, 9.17) is 5.73 Å². The van der Waals surface area contributed by atoms with Crippen LogP contribution in [-0.4, -0.2) is 28.3 Å². The predicted molar refractivity (Wildman–Crippen MR) is 101 cm³/mol. The first kappa shape index (κ1) is 21.4. The van der Waals surface area contributed by atoms with Gasteiger partial charge in [0, 0.05) is 24.9 Å². The van der Waals surface area contributed by atoms with Crippen molar-refractivity contribution in [2.75, 3.05) is 6.54 Å². The van der Waals surface area contributed by atoms with Gasteiger partial charge in [0.25, 0.3) is 5.91 Å². The fraction of sp³-hybridized carbons (Fsp3) is 0.250. The lowest BCUT2D eigenvalue weighted by Crippen LogP contribution is -2.37. The average Bonchev–Trinajstić information content (AvgIpc) is 2.66. The van der Waals surface area contributed by atoms with Crippen LogP contribution in [0.2, 0.25) is 0 Å². The smallest absolute Gasteiger partial charge is 0.402 e. The highest BCUT2D eigenvalue weighted by molar-refractivity contribution is 6.24. The molecule has 1 aliphatic heterocycles. The van der Waals surface area contributed by atoms with Crippen LogP contribution < -0.4 is 11.1 Å². The van der Waals surface area contributed by atoms with Gasteiger partial charge >= 0.3 is 6.18 Å². The van der Waals surface area contributed by atoms with Crippen molar-refractivity contribution >= 4 is 17.3 Å². The van der Waals surface area contributed by atoms with Crippen LogP contribution in [0.1, 0.15) is 36.3 Å². The Labute approximate surface area is 169 Å². The summed E-state index contributed by atoms with van der Waals surface area (Å²) < 4.78 is 52.5. The summed E-state index contributed by atoms with van der Waals surface area (Å²) >= 11 is 0. The molecule has 30 heavy (non-hydrogen) atoms. The molecule has 1 aromatic heterocycles. The van der Waals surface area contributed by atoms with E-state index in [-0.39, 0.29) is 22.7 Å². The fourth-order valence-corrected chi connectivity index (χ4v) is 3.07. The number of rotatable bonds is 3. The van der Waals surface area contributed by atoms with Gasteiger partial charge in [0.1, 0.15) is 11.9 Å². The number of allylic oxidation sites excluding steroid dienone is 1. The van der Waals surface area contributed by atoms with E-state index in [2.05, 4.69) is 15.3 Å². The lowest BCUT2D eigenvalue weighted by atomic mass is 10.0. The Balaban J connectivity index is 1.97. The van der Waals surface area contributed by atoms with Crippen molar-refractivity contribution in [2.45, 2.75) is 25.6 Å². The zero-order valence-electron chi connectivity index (χ0n) is 15.8. The molecule has 1 saturated heterocycles. The van der Waals surface area contributed by atoms with Gasteiger partial charge in [-0.15, -0.1) is 0 Å². The highest BCUT2D eigenvalue weighted by atomic mass is 19.4. The summed E-state index contributed by atoms with van der Waals surface area (Å²) in [6.07, 6.45) is -4.64. The van der Waals surface area contributed by atoms with E-state index in [1.807, 2.05) is 0 Å². The molecule has 1 amide bonds. The summed E-state index contributed by atoms with van der Waals surface area (Å²) in [7, 11) is 0. The van der Waals surface area contributed by atoms with Gasteiger partial charge in [-0.1, -0.05) is 0 Å². The van der Waals surface area contributed by atoms with Gasteiger partial charge in [-0.2, -0.15) is 13.2 Å². The molecule has 2 heterocycles. The monoisotopic (exact) mass is 422 g/mol. The molecule has 6 nitrogen and oxygen atoms in total. The highest BCUT2D eigenvalue weighted by Gasteiger charge is 2.32. The highest BCUT2D eigenvalue weighted by Crippen LogP contribution is 2.33. The van der Waals surface area contributed by atoms with Gasteiger partial charge in [-0.05, 0) is 42.8 Å². The van der Waals surface area contributed by atoms with Crippen LogP contribution in [-0.2, 0) is 11.0 Å². The predicted octanol–water partition coefficient (Wildman–Crippen LogP) is 3.15. The molecule has 2 aromatic rings. The number of pyridine rings is 1. The normalized spacial score (nSPS) is 18.9. The Hall–Kier alpha value is -3.27. The zero-order valence-corrected chi connectivity index (χ0v) is 15.8. The number of nitrogens with zero attached hydrogens (tertiary/aromatic N) is 2. The van der Waals surface area contributed by atoms with E-state index in [1.54, 1.807) is 6.92 Å². The van der Waals surface area contributed by atoms with E-state index in [1.165, 1.54) is 18.3 Å². The van der Waals surface area contributed by atoms with E-state index in [9.17, 15) is 27.5 Å². The van der Waals surface area contributed by atoms with Gasteiger partial charge in [-0.25, -0.2) is 4.39 Å². The lowest BCUT2D eigenvalue weighted by Gasteiger charge is -2.19. The number of aromatic nitrogens is 1. The Bertz CT molecular complexity index is 1040. The van der Waals surface area contributed by atoms with Crippen LogP contribution in [0, 0.1) is 5.82 Å². The lowest BCUT2D eigenvalue weighted by molar-refractivity contribution is -0.137. The molecule has 158 valence electrons. The number of alkyl halides is 3. The Morgan fingerprint density at radius 3 is 2.70 bits per heavy atom. The van der Waals surface area contributed by atoms with Gasteiger partial charge < -0.3 is 16.2 Å². The third-order valence-corrected chi connectivity index (χ3v) is 4.43. The molecule has 0 aliphatic carbocycles. The van der Waals surface area contributed by atoms with Crippen molar-refractivity contribution in [3.63, 3.8) is 0 Å². The van der Waals surface area contributed by atoms with Gasteiger partial charge in [0.15, 0.2) is 0 Å². The largest absolute Gasteiger partial charge is 0.416 e. The average molecular weight is 422 g/mol. The zero-order chi connectivity index (χ0) is 22.1. The van der Waals surface area contributed by atoms with Crippen molar-refractivity contribution < 1.29 is 27.5 Å². The van der Waals surface area contributed by atoms with Crippen molar-refractivity contribution in [3.05, 3.63) is 70.4 Å². The van der Waals surface area contributed by atoms with Gasteiger partial charge in [0.2, 0.25) is 0 Å². The SMILES string of the molecule is C/C(N)=C1\C(=O)NCCC1=Nc1ccnc(C(O)c2cc(F)cc(C(F)(F)F)c2)c1. The number of piperidine rings is 1. The Morgan fingerprint density at radius 1 is 1.30 bits per heavy atom. The third-order valence-electron chi connectivity index (χ3n) is 4.43. The van der Waals surface area contributed by atoms with E-state index >= 15 is 0 Å². The third kappa shape index (κ3) is 4.65. The van der Waals surface area contributed by atoms with Crippen LogP contribution in [0.5, 0.6) is 0 Å². The second kappa shape index (κ2) is 8.23. The van der Waals surface area contributed by atoms with E-state index in [0.29, 0.717) is 42.2 Å². The quantitative estimate of drug-likeness (QED) is 0.523. The molecule has 0 bridgehead atoms. The Morgan fingerprint density at radius 2 is 2.03 bits per heavy atom. The first-order valence-electron chi connectivity index (χ1n) is 8.90. The minimum Gasteiger partial charge on any atom is -0.402 e. The molecule has 10 heteroatoms. The number of nitrogens with one attached hydrogen (secondary N) is 1. The number of nitrogens with two attached hydrogens (primary N) is 1. The molecule has 1 unspecified atom stereocenters. The number of aliphatic hydroxyl groups is 1. The van der Waals surface area contributed by atoms with Crippen molar-refractivity contribution in [3.8, 4) is 0 Å². The van der Waals surface area contributed by atoms with Crippen LogP contribution in [0.25, 0.3) is 0 Å². The molecular formula is C20H18F4N4O2. The molecular weight excluding hydrogens is 404 g/mol. The summed E-state index contributed by atoms with van der Waals surface area (Å²) in [5.74, 6) is -1.48. The topological polar surface area (TPSA) is 101 Å². The standard InChI is InChI=1S/C20H18F4N4O2/c1-10(25)17-15(3-5-27-19(17)30)28-14-2-4-26-16(9-14)18(29)11-6-12(20(22,23)24)8-13(21)7-11/h2,4,6-9,18,29H,3,5,25H2,1H3,(H,27,30)/b17-10+,28-15?. The second-order valence-corrected chi connectivity index (χ2v) is 6.73. The van der Waals surface area contributed by atoms with E-state index < -0.39 is 23.7 Å². The fourth-order valence-electron chi connectivity index (χ4n) is 3.07. The van der Waals surface area contributed by atoms with Crippen LogP contribution in [0.15, 0.2) is 52.8 Å². The van der Waals surface area contributed by atoms with Gasteiger partial charge in [0.05, 0.1) is 28.2 Å². The minimum absolute atomic E-state index is 0.0224. The second-order valence-electron chi connectivity index (χ2n) is 6.73. The summed E-state index contributed by atoms with van der Waals surface area (Å²) in [5, 5.41) is 13.1. The number of halogens is 4. The molecule has 0 spiro atoms. The molecule has 3 rings (SSSR count). The summed E-state index contributed by atoms with van der Waals surface area (Å²) in [6.45, 7) is 1.94. The van der Waals surface area contributed by atoms with Crippen LogP contribution in [0.3, 0.4) is 0 Å². The van der Waals surface area contributed by atoms with Crippen LogP contribution >= 0.6 is 0 Å². The number of aliphatic hydroxyl groups excluding tert-OH is 1. The van der Waals surface area contributed by atoms with Crippen molar-refractivity contribution in [2.24, 2.45) is 10.7 Å². The first-order chi connectivity index (χ1) is 14.1. The number of carbonyl (C=O) groups is 1. The van der Waals surface area contributed by atoms with Crippen molar-refractivity contribution in [1.82, 2.24) is 10.3 Å². The van der Waals surface area contributed by atoms with Gasteiger partial charge in [-0.3, -0.25) is 14.8 Å². The molecule has 1 aliphatic rings. The summed E-state index contributed by atoms with van der Waals surface area (Å²) in [6, 6.07) is 4.68. The Kier molecular flexibility index (Phi) is 5.88. The van der Waals surface area contributed by atoms with E-state index in [0.717, 1.165) is 6.07 Å². The maximum absolute atomic E-state index is 13.7. The van der Waals surface area contributed by atoms with Crippen molar-refractivity contribution in [1.29, 1.82) is 0 Å². The molecule has 0 radical (unpaired) electrons. The number of benzene rings is 1. The summed E-state index contributed by atoms with van der Waals surface area (Å²) in [4.78, 5) is 20.4. The first-order valence-corrected chi connectivity index (χ1v) is 8.90. The maximum Gasteiger partial charge on any atom is 0.416 e. The summed E-state index contributed by atoms with van der Waals surface area (Å²) in [5.41, 5.74) is 5.54. The molecule has 1 fully saturated rings. The minimum atomic E-state index is -4.76. The molecule has 1 aromatic carbocycles. The number of carbonyl (C=O) groups excluding carboxylic acids is 1. The molecule has 0 saturated carbocycles. The number of aliphatic imine (C=N–C) groups is 1. The molecule has 4 N–H and O–H groups in total. The number of hydrogen-bond acceptors (Lipinski definition) is 5. The number of amides is 1. The maximum atomic E-state index is 13.7. The number of hydrogen-bond donors (Lipinski definition) is 3. The van der Waals surface area contributed by atoms with Crippen LogP contribution in [0.4, 0.5) is 23.2 Å².